The van der Waals surface area contributed by atoms with Crippen LogP contribution in [0.1, 0.15) is 36.0 Å². The van der Waals surface area contributed by atoms with E-state index in [0.717, 1.165) is 29.3 Å². The number of carbonyl (C=O) groups is 1. The van der Waals surface area contributed by atoms with Crippen LogP contribution >= 0.6 is 0 Å². The zero-order valence-corrected chi connectivity index (χ0v) is 15.6. The van der Waals surface area contributed by atoms with Crippen molar-refractivity contribution in [2.45, 2.75) is 39.5 Å². The summed E-state index contributed by atoms with van der Waals surface area (Å²) in [5.41, 5.74) is 3.59. The summed E-state index contributed by atoms with van der Waals surface area (Å²) >= 11 is 0. The van der Waals surface area contributed by atoms with E-state index in [2.05, 4.69) is 4.98 Å². The molecule has 0 unspecified atom stereocenters. The zero-order valence-electron chi connectivity index (χ0n) is 15.6. The molecule has 0 amide bonds. The van der Waals surface area contributed by atoms with Crippen LogP contribution < -0.4 is 4.74 Å². The first-order chi connectivity index (χ1) is 13.0. The van der Waals surface area contributed by atoms with Crippen LogP contribution in [-0.2, 0) is 11.2 Å². The van der Waals surface area contributed by atoms with Crippen LogP contribution in [0.25, 0.3) is 10.9 Å². The molecule has 0 spiro atoms. The maximum Gasteiger partial charge on any atom is 0.138 e. The Kier molecular flexibility index (Phi) is 4.65. The second kappa shape index (κ2) is 7.10. The molecule has 1 aliphatic carbocycles. The van der Waals surface area contributed by atoms with Crippen LogP contribution in [0.15, 0.2) is 42.6 Å². The van der Waals surface area contributed by atoms with Crippen LogP contribution in [0.3, 0.4) is 0 Å². The van der Waals surface area contributed by atoms with Gasteiger partial charge in [0.2, 0.25) is 0 Å². The van der Waals surface area contributed by atoms with Gasteiger partial charge >= 0.3 is 0 Å². The van der Waals surface area contributed by atoms with Crippen molar-refractivity contribution in [2.24, 2.45) is 5.92 Å². The van der Waals surface area contributed by atoms with E-state index in [0.29, 0.717) is 29.4 Å². The molecule has 4 rings (SSSR count). The number of halogens is 1. The van der Waals surface area contributed by atoms with Gasteiger partial charge in [-0.2, -0.15) is 0 Å². The lowest BCUT2D eigenvalue weighted by molar-refractivity contribution is -0.118. The third kappa shape index (κ3) is 4.00. The van der Waals surface area contributed by atoms with Gasteiger partial charge in [-0.1, -0.05) is 6.07 Å². The second-order valence-electron chi connectivity index (χ2n) is 7.48. The van der Waals surface area contributed by atoms with Gasteiger partial charge in [0.05, 0.1) is 5.52 Å². The number of nitrogens with zero attached hydrogens (tertiary/aromatic N) is 1. The first-order valence-corrected chi connectivity index (χ1v) is 9.33. The van der Waals surface area contributed by atoms with Gasteiger partial charge in [-0.25, -0.2) is 4.39 Å². The highest BCUT2D eigenvalue weighted by Gasteiger charge is 2.24. The van der Waals surface area contributed by atoms with Gasteiger partial charge in [-0.15, -0.1) is 0 Å². The van der Waals surface area contributed by atoms with Gasteiger partial charge in [-0.05, 0) is 73.6 Å². The molecular formula is C23H22FNO2. The third-order valence-corrected chi connectivity index (χ3v) is 5.17. The van der Waals surface area contributed by atoms with Crippen LogP contribution in [0.5, 0.6) is 11.5 Å². The van der Waals surface area contributed by atoms with E-state index < -0.39 is 5.82 Å². The number of pyridine rings is 1. The summed E-state index contributed by atoms with van der Waals surface area (Å²) in [6.07, 6.45) is 4.66. The molecule has 0 aliphatic heterocycles. The molecule has 27 heavy (non-hydrogen) atoms. The Balaban J connectivity index is 1.56. The molecule has 1 aromatic heterocycles. The van der Waals surface area contributed by atoms with Crippen molar-refractivity contribution in [3.8, 4) is 11.5 Å². The van der Waals surface area contributed by atoms with Gasteiger partial charge in [0, 0.05) is 30.5 Å². The number of aryl methyl sites for hydroxylation is 2. The highest BCUT2D eigenvalue weighted by Crippen LogP contribution is 2.34. The Bertz CT molecular complexity index is 1020. The number of carbonyl (C=O) groups excluding carboxylic acids is 1. The normalized spacial score (nSPS) is 13.7. The van der Waals surface area contributed by atoms with E-state index in [4.69, 9.17) is 4.74 Å². The van der Waals surface area contributed by atoms with Crippen molar-refractivity contribution < 1.29 is 13.9 Å². The smallest absolute Gasteiger partial charge is 0.138 e. The molecule has 0 radical (unpaired) electrons. The van der Waals surface area contributed by atoms with Crippen molar-refractivity contribution in [3.05, 3.63) is 65.1 Å². The predicted octanol–water partition coefficient (Wildman–Crippen LogP) is 5.69. The van der Waals surface area contributed by atoms with Gasteiger partial charge in [0.15, 0.2) is 0 Å². The lowest BCUT2D eigenvalue weighted by atomic mass is 10.0. The SMILES string of the molecule is Cc1cc2nccc(Oc3ccc(CC(=O)CC4CC4)c(F)c3)c2cc1C. The Morgan fingerprint density at radius 3 is 2.67 bits per heavy atom. The molecule has 4 heteroatoms. The standard InChI is InChI=1S/C23H22FNO2/c1-14-9-20-22(10-15(14)2)25-8-7-23(20)27-19-6-5-17(21(24)13-19)12-18(26)11-16-3-4-16/h5-10,13,16H,3-4,11-12H2,1-2H3. The number of hydrogen-bond acceptors (Lipinski definition) is 3. The summed E-state index contributed by atoms with van der Waals surface area (Å²) in [4.78, 5) is 16.4. The Labute approximate surface area is 158 Å². The van der Waals surface area contributed by atoms with E-state index in [-0.39, 0.29) is 12.2 Å². The topological polar surface area (TPSA) is 39.2 Å². The number of fused-ring (bicyclic) bond motifs is 1. The van der Waals surface area contributed by atoms with Crippen molar-refractivity contribution >= 4 is 16.7 Å². The molecular weight excluding hydrogens is 341 g/mol. The average Bonchev–Trinajstić information content (AvgIpc) is 3.43. The maximum absolute atomic E-state index is 14.5. The van der Waals surface area contributed by atoms with Crippen LogP contribution in [0, 0.1) is 25.6 Å². The number of ketones is 1. The van der Waals surface area contributed by atoms with Gasteiger partial charge in [0.1, 0.15) is 23.1 Å². The lowest BCUT2D eigenvalue weighted by Crippen LogP contribution is -2.05. The van der Waals surface area contributed by atoms with E-state index in [1.807, 2.05) is 26.0 Å². The number of rotatable bonds is 6. The highest BCUT2D eigenvalue weighted by atomic mass is 19.1. The summed E-state index contributed by atoms with van der Waals surface area (Å²) < 4.78 is 20.4. The summed E-state index contributed by atoms with van der Waals surface area (Å²) in [6.45, 7) is 4.08. The molecule has 1 aliphatic rings. The van der Waals surface area contributed by atoms with Crippen LogP contribution in [0.2, 0.25) is 0 Å². The molecule has 1 heterocycles. The van der Waals surface area contributed by atoms with Crippen molar-refractivity contribution in [3.63, 3.8) is 0 Å². The summed E-state index contributed by atoms with van der Waals surface area (Å²) in [5.74, 6) is 1.28. The largest absolute Gasteiger partial charge is 0.456 e. The molecule has 0 bridgehead atoms. The Hall–Kier alpha value is -2.75. The number of hydrogen-bond donors (Lipinski definition) is 0. The van der Waals surface area contributed by atoms with Crippen molar-refractivity contribution in [2.75, 3.05) is 0 Å². The maximum atomic E-state index is 14.5. The lowest BCUT2D eigenvalue weighted by Gasteiger charge is -2.11. The quantitative estimate of drug-likeness (QED) is 0.564. The fourth-order valence-electron chi connectivity index (χ4n) is 3.26. The third-order valence-electron chi connectivity index (χ3n) is 5.17. The fourth-order valence-corrected chi connectivity index (χ4v) is 3.26. The first-order valence-electron chi connectivity index (χ1n) is 9.33. The number of aromatic nitrogens is 1. The zero-order chi connectivity index (χ0) is 19.0. The average molecular weight is 363 g/mol. The van der Waals surface area contributed by atoms with Gasteiger partial charge in [0.25, 0.3) is 0 Å². The van der Waals surface area contributed by atoms with E-state index in [1.165, 1.54) is 11.6 Å². The minimum atomic E-state index is -0.401. The minimum Gasteiger partial charge on any atom is -0.456 e. The molecule has 0 saturated heterocycles. The number of Topliss-reactive ketones (excluding diaryl/α,β-unsaturated/α-hetero) is 1. The molecule has 0 N–H and O–H groups in total. The molecule has 0 atom stereocenters. The number of benzene rings is 2. The first kappa shape index (κ1) is 17.7. The highest BCUT2D eigenvalue weighted by molar-refractivity contribution is 5.86. The molecule has 1 saturated carbocycles. The Morgan fingerprint density at radius 2 is 1.93 bits per heavy atom. The molecule has 138 valence electrons. The molecule has 3 nitrogen and oxygen atoms in total. The monoisotopic (exact) mass is 363 g/mol. The van der Waals surface area contributed by atoms with Crippen LogP contribution in [-0.4, -0.2) is 10.8 Å². The Morgan fingerprint density at radius 1 is 1.15 bits per heavy atom. The fraction of sp³-hybridized carbons (Fsp3) is 0.304. The molecule has 2 aromatic carbocycles. The second-order valence-corrected chi connectivity index (χ2v) is 7.48. The summed E-state index contributed by atoms with van der Waals surface area (Å²) in [7, 11) is 0. The van der Waals surface area contributed by atoms with E-state index in [1.54, 1.807) is 24.4 Å². The van der Waals surface area contributed by atoms with E-state index >= 15 is 0 Å². The van der Waals surface area contributed by atoms with Crippen molar-refractivity contribution in [1.29, 1.82) is 0 Å². The predicted molar refractivity (Wildman–Crippen MR) is 104 cm³/mol. The van der Waals surface area contributed by atoms with Gasteiger partial charge < -0.3 is 4.74 Å². The molecule has 3 aromatic rings. The van der Waals surface area contributed by atoms with Gasteiger partial charge in [-0.3, -0.25) is 9.78 Å². The van der Waals surface area contributed by atoms with E-state index in [9.17, 15) is 9.18 Å². The summed E-state index contributed by atoms with van der Waals surface area (Å²) in [6, 6.07) is 10.6. The minimum absolute atomic E-state index is 0.107. The molecule has 1 fully saturated rings. The number of ether oxygens (including phenoxy) is 1. The van der Waals surface area contributed by atoms with Crippen molar-refractivity contribution in [1.82, 2.24) is 4.98 Å². The van der Waals surface area contributed by atoms with Crippen LogP contribution in [0.4, 0.5) is 4.39 Å². The summed E-state index contributed by atoms with van der Waals surface area (Å²) in [5, 5.41) is 0.893.